The Kier molecular flexibility index (Phi) is 3.77. The van der Waals surface area contributed by atoms with Gasteiger partial charge in [0.15, 0.2) is 0 Å². The Hall–Kier alpha value is -0.0800. The molecule has 0 saturated heterocycles. The van der Waals surface area contributed by atoms with Crippen LogP contribution in [0.4, 0.5) is 0 Å². The number of hydrogen-bond acceptors (Lipinski definition) is 2. The van der Waals surface area contributed by atoms with Crippen molar-refractivity contribution in [3.05, 3.63) is 0 Å². The van der Waals surface area contributed by atoms with Gasteiger partial charge in [0.2, 0.25) is 0 Å². The first kappa shape index (κ1) is 17.3. The Labute approximate surface area is 148 Å². The van der Waals surface area contributed by atoms with E-state index in [2.05, 4.69) is 27.7 Å². The molecule has 0 aromatic rings. The van der Waals surface area contributed by atoms with Crippen LogP contribution in [0.15, 0.2) is 0 Å². The molecule has 0 aromatic heterocycles. The molecule has 0 aliphatic heterocycles. The molecule has 4 fully saturated rings. The van der Waals surface area contributed by atoms with Crippen molar-refractivity contribution in [2.24, 2.45) is 34.0 Å². The average Bonchev–Trinajstić information content (AvgIpc) is 2.84. The molecular formula is C22H38O2. The fraction of sp³-hybridized carbons (Fsp3) is 1.00. The molecule has 4 aliphatic carbocycles. The first-order valence-corrected chi connectivity index (χ1v) is 10.6. The van der Waals surface area contributed by atoms with Gasteiger partial charge >= 0.3 is 0 Å². The van der Waals surface area contributed by atoms with E-state index in [4.69, 9.17) is 0 Å². The standard InChI is InChI=1S/C22H38O2/c1-5-22(24)13-12-21(4)17-9-11-20(3)16(6-7-18(20)23)15(17)8-10-19(21,2)14-22/h15-18,23-24H,5-14H2,1-4H3/t15-,16+,17+,18-,19-,20+,21+,22-/m0/s1. The van der Waals surface area contributed by atoms with E-state index in [-0.39, 0.29) is 11.5 Å². The summed E-state index contributed by atoms with van der Waals surface area (Å²) in [4.78, 5) is 0. The first-order chi connectivity index (χ1) is 11.2. The van der Waals surface area contributed by atoms with E-state index in [1.54, 1.807) is 0 Å². The van der Waals surface area contributed by atoms with Crippen molar-refractivity contribution in [1.82, 2.24) is 0 Å². The van der Waals surface area contributed by atoms with Crippen LogP contribution in [0.3, 0.4) is 0 Å². The van der Waals surface area contributed by atoms with Crippen molar-refractivity contribution in [2.45, 2.75) is 104 Å². The summed E-state index contributed by atoms with van der Waals surface area (Å²) in [7, 11) is 0. The van der Waals surface area contributed by atoms with Crippen LogP contribution in [0.1, 0.15) is 91.9 Å². The van der Waals surface area contributed by atoms with Gasteiger partial charge in [0.05, 0.1) is 11.7 Å². The molecular weight excluding hydrogens is 296 g/mol. The third kappa shape index (κ3) is 2.08. The van der Waals surface area contributed by atoms with Crippen molar-refractivity contribution in [3.8, 4) is 0 Å². The van der Waals surface area contributed by atoms with Gasteiger partial charge in [-0.1, -0.05) is 27.7 Å². The zero-order valence-corrected chi connectivity index (χ0v) is 16.3. The lowest BCUT2D eigenvalue weighted by atomic mass is 9.39. The van der Waals surface area contributed by atoms with Crippen LogP contribution in [0, 0.1) is 34.0 Å². The second-order valence-electron chi connectivity index (χ2n) is 10.8. The summed E-state index contributed by atoms with van der Waals surface area (Å²) < 4.78 is 0. The van der Waals surface area contributed by atoms with E-state index >= 15 is 0 Å². The molecule has 4 rings (SSSR count). The van der Waals surface area contributed by atoms with Gasteiger partial charge in [-0.25, -0.2) is 0 Å². The van der Waals surface area contributed by atoms with Gasteiger partial charge in [-0.05, 0) is 98.2 Å². The summed E-state index contributed by atoms with van der Waals surface area (Å²) in [5, 5.41) is 21.6. The number of fused-ring (bicyclic) bond motifs is 5. The summed E-state index contributed by atoms with van der Waals surface area (Å²) in [5.41, 5.74) is 0.437. The average molecular weight is 335 g/mol. The van der Waals surface area contributed by atoms with E-state index in [0.717, 1.165) is 43.4 Å². The molecule has 2 heteroatoms. The maximum atomic E-state index is 11.0. The predicted molar refractivity (Wildman–Crippen MR) is 97.6 cm³/mol. The Balaban J connectivity index is 1.65. The fourth-order valence-corrected chi connectivity index (χ4v) is 8.06. The van der Waals surface area contributed by atoms with Crippen molar-refractivity contribution in [3.63, 3.8) is 0 Å². The Morgan fingerprint density at radius 1 is 0.875 bits per heavy atom. The molecule has 0 unspecified atom stereocenters. The third-order valence-corrected chi connectivity index (χ3v) is 10.1. The van der Waals surface area contributed by atoms with Crippen molar-refractivity contribution < 1.29 is 10.2 Å². The number of hydrogen-bond donors (Lipinski definition) is 2. The minimum atomic E-state index is -0.423. The van der Waals surface area contributed by atoms with E-state index in [1.807, 2.05) is 0 Å². The molecule has 2 N–H and O–H groups in total. The topological polar surface area (TPSA) is 40.5 Å². The highest BCUT2D eigenvalue weighted by molar-refractivity contribution is 5.14. The molecule has 0 amide bonds. The van der Waals surface area contributed by atoms with Gasteiger partial charge in [-0.15, -0.1) is 0 Å². The largest absolute Gasteiger partial charge is 0.393 e. The van der Waals surface area contributed by atoms with Gasteiger partial charge < -0.3 is 10.2 Å². The predicted octanol–water partition coefficient (Wildman–Crippen LogP) is 4.92. The molecule has 24 heavy (non-hydrogen) atoms. The Morgan fingerprint density at radius 3 is 2.33 bits per heavy atom. The van der Waals surface area contributed by atoms with Gasteiger partial charge in [-0.3, -0.25) is 0 Å². The van der Waals surface area contributed by atoms with E-state index in [1.165, 1.54) is 38.5 Å². The lowest BCUT2D eigenvalue weighted by molar-refractivity contribution is -0.195. The van der Waals surface area contributed by atoms with Gasteiger partial charge in [0, 0.05) is 0 Å². The smallest absolute Gasteiger partial charge is 0.0650 e. The summed E-state index contributed by atoms with van der Waals surface area (Å²) in [6, 6.07) is 0. The SMILES string of the molecule is CC[C@]1(O)CC[C@]2(C)[C@@H]3CC[C@]4(C)[C@H](CC[C@@H]4O)[C@@H]3CC[C@@]2(C)C1. The fourth-order valence-electron chi connectivity index (χ4n) is 8.06. The van der Waals surface area contributed by atoms with Crippen LogP contribution in [0.5, 0.6) is 0 Å². The van der Waals surface area contributed by atoms with E-state index < -0.39 is 5.60 Å². The molecule has 0 bridgehead atoms. The van der Waals surface area contributed by atoms with Crippen LogP contribution in [-0.4, -0.2) is 21.9 Å². The van der Waals surface area contributed by atoms with Crippen molar-refractivity contribution in [1.29, 1.82) is 0 Å². The third-order valence-electron chi connectivity index (χ3n) is 10.1. The number of rotatable bonds is 1. The van der Waals surface area contributed by atoms with E-state index in [0.29, 0.717) is 10.8 Å². The van der Waals surface area contributed by atoms with Crippen molar-refractivity contribution in [2.75, 3.05) is 0 Å². The quantitative estimate of drug-likeness (QED) is 0.714. The minimum Gasteiger partial charge on any atom is -0.393 e. The van der Waals surface area contributed by atoms with Crippen LogP contribution in [0.25, 0.3) is 0 Å². The monoisotopic (exact) mass is 334 g/mol. The zero-order valence-electron chi connectivity index (χ0n) is 16.3. The Bertz CT molecular complexity index is 518. The molecule has 4 aliphatic rings. The van der Waals surface area contributed by atoms with Crippen LogP contribution in [-0.2, 0) is 0 Å². The Morgan fingerprint density at radius 2 is 1.62 bits per heavy atom. The molecule has 8 atom stereocenters. The normalized spacial score (nSPS) is 60.2. The molecule has 2 nitrogen and oxygen atoms in total. The van der Waals surface area contributed by atoms with Gasteiger partial charge in [0.25, 0.3) is 0 Å². The molecule has 0 radical (unpaired) electrons. The van der Waals surface area contributed by atoms with Gasteiger partial charge in [-0.2, -0.15) is 0 Å². The zero-order chi connectivity index (χ0) is 17.4. The highest BCUT2D eigenvalue weighted by Crippen LogP contribution is 2.70. The second kappa shape index (κ2) is 5.22. The van der Waals surface area contributed by atoms with Crippen LogP contribution >= 0.6 is 0 Å². The van der Waals surface area contributed by atoms with Gasteiger partial charge in [0.1, 0.15) is 0 Å². The maximum Gasteiger partial charge on any atom is 0.0650 e. The summed E-state index contributed by atoms with van der Waals surface area (Å²) >= 11 is 0. The summed E-state index contributed by atoms with van der Waals surface area (Å²) in [6.45, 7) is 9.58. The molecule has 0 heterocycles. The lowest BCUT2D eigenvalue weighted by Gasteiger charge is -2.66. The second-order valence-corrected chi connectivity index (χ2v) is 10.8. The van der Waals surface area contributed by atoms with Crippen LogP contribution in [0.2, 0.25) is 0 Å². The highest BCUT2D eigenvalue weighted by atomic mass is 16.3. The van der Waals surface area contributed by atoms with E-state index in [9.17, 15) is 10.2 Å². The minimum absolute atomic E-state index is 0.0684. The summed E-state index contributed by atoms with van der Waals surface area (Å²) in [6.07, 6.45) is 11.4. The molecule has 138 valence electrons. The first-order valence-electron chi connectivity index (χ1n) is 10.6. The van der Waals surface area contributed by atoms with Crippen molar-refractivity contribution >= 4 is 0 Å². The molecule has 0 spiro atoms. The molecule has 4 saturated carbocycles. The maximum absolute atomic E-state index is 11.0. The molecule has 0 aromatic carbocycles. The van der Waals surface area contributed by atoms with Crippen LogP contribution < -0.4 is 0 Å². The number of aliphatic hydroxyl groups excluding tert-OH is 1. The highest BCUT2D eigenvalue weighted by Gasteiger charge is 2.64. The lowest BCUT2D eigenvalue weighted by Crippen LogP contribution is -2.60. The summed E-state index contributed by atoms with van der Waals surface area (Å²) in [5.74, 6) is 2.35. The number of aliphatic hydroxyl groups is 2.